The van der Waals surface area contributed by atoms with Gasteiger partial charge in [0.15, 0.2) is 0 Å². The van der Waals surface area contributed by atoms with Crippen molar-refractivity contribution < 1.29 is 37.5 Å². The Hall–Kier alpha value is 1.03. The SMILES string of the molecule is CC(C)(C)P(c1ccc[c-]1P(C(C)(C)C)C(C)(C)C)C(C)(C)C.Cl.[Fe].[Pd].[cH-]1[cH-][cH-][cH-][cH-]1. The summed E-state index contributed by atoms with van der Waals surface area (Å²) in [6.07, 6.45) is 0. The van der Waals surface area contributed by atoms with E-state index in [1.807, 2.05) is 30.3 Å². The topological polar surface area (TPSA) is 0 Å². The molecule has 0 heterocycles. The third-order valence-corrected chi connectivity index (χ3v) is 11.8. The van der Waals surface area contributed by atoms with Crippen LogP contribution in [0.4, 0.5) is 0 Å². The third kappa shape index (κ3) is 11.3. The first-order valence-electron chi connectivity index (χ1n) is 10.5. The Labute approximate surface area is 227 Å². The molecule has 0 aromatic heterocycles. The van der Waals surface area contributed by atoms with Crippen molar-refractivity contribution in [3.8, 4) is 0 Å². The fourth-order valence-corrected chi connectivity index (χ4v) is 13.2. The maximum absolute atomic E-state index is 2.43. The molecular formula is C26H45ClFeP2Pd-6. The first kappa shape index (κ1) is 36.6. The molecule has 190 valence electrons. The summed E-state index contributed by atoms with van der Waals surface area (Å²) in [6, 6.07) is 17.2. The zero-order valence-corrected chi connectivity index (χ0v) is 26.9. The van der Waals surface area contributed by atoms with Gasteiger partial charge in [0.1, 0.15) is 0 Å². The van der Waals surface area contributed by atoms with E-state index in [1.54, 1.807) is 10.6 Å². The second kappa shape index (κ2) is 13.8. The van der Waals surface area contributed by atoms with Gasteiger partial charge >= 0.3 is 0 Å². The summed E-state index contributed by atoms with van der Waals surface area (Å²) in [5.74, 6) is 0. The minimum Gasteiger partial charge on any atom is -0.748 e. The zero-order valence-electron chi connectivity index (χ0n) is 21.6. The van der Waals surface area contributed by atoms with Crippen LogP contribution in [-0.2, 0) is 37.5 Å². The zero-order chi connectivity index (χ0) is 22.0. The first-order chi connectivity index (χ1) is 12.5. The largest absolute Gasteiger partial charge is 0.748 e. The summed E-state index contributed by atoms with van der Waals surface area (Å²) in [5.41, 5.74) is 0. The van der Waals surface area contributed by atoms with E-state index in [2.05, 4.69) is 101 Å². The van der Waals surface area contributed by atoms with Crippen LogP contribution in [0.3, 0.4) is 0 Å². The van der Waals surface area contributed by atoms with Gasteiger partial charge in [0.25, 0.3) is 0 Å². The normalized spacial score (nSPS) is 12.3. The van der Waals surface area contributed by atoms with Gasteiger partial charge in [-0.2, -0.15) is 6.07 Å². The van der Waals surface area contributed by atoms with Gasteiger partial charge in [-0.25, -0.2) is 12.1 Å². The van der Waals surface area contributed by atoms with Gasteiger partial charge < -0.3 is 30.3 Å². The molecule has 0 aliphatic heterocycles. The van der Waals surface area contributed by atoms with E-state index >= 15 is 0 Å². The Morgan fingerprint density at radius 3 is 1.23 bits per heavy atom. The number of halogens is 1. The van der Waals surface area contributed by atoms with Crippen LogP contribution in [0.25, 0.3) is 0 Å². The summed E-state index contributed by atoms with van der Waals surface area (Å²) in [7, 11) is -0.464. The van der Waals surface area contributed by atoms with E-state index in [1.165, 1.54) is 0 Å². The van der Waals surface area contributed by atoms with Gasteiger partial charge in [0.2, 0.25) is 0 Å². The van der Waals surface area contributed by atoms with Gasteiger partial charge in [-0.15, -0.1) is 30.9 Å². The van der Waals surface area contributed by atoms with Gasteiger partial charge in [0.05, 0.1) is 0 Å². The van der Waals surface area contributed by atoms with Gasteiger partial charge in [0, 0.05) is 37.5 Å². The van der Waals surface area contributed by atoms with E-state index in [4.69, 9.17) is 0 Å². The van der Waals surface area contributed by atoms with Crippen LogP contribution in [-0.4, -0.2) is 20.6 Å². The summed E-state index contributed by atoms with van der Waals surface area (Å²) in [4.78, 5) is 0. The molecule has 0 spiro atoms. The van der Waals surface area contributed by atoms with Crippen molar-refractivity contribution in [2.24, 2.45) is 0 Å². The van der Waals surface area contributed by atoms with Gasteiger partial charge in [-0.05, 0) is 20.6 Å². The predicted molar refractivity (Wildman–Crippen MR) is 143 cm³/mol. The van der Waals surface area contributed by atoms with Crippen molar-refractivity contribution >= 4 is 38.9 Å². The number of hydrogen-bond acceptors (Lipinski definition) is 0. The fourth-order valence-electron chi connectivity index (χ4n) is 4.56. The predicted octanol–water partition coefficient (Wildman–Crippen LogP) is 8.64. The Kier molecular flexibility index (Phi) is 16.3. The molecule has 2 aromatic carbocycles. The van der Waals surface area contributed by atoms with Gasteiger partial charge in [-0.3, -0.25) is 0 Å². The average molecular weight is 617 g/mol. The van der Waals surface area contributed by atoms with E-state index < -0.39 is 0 Å². The number of rotatable bonds is 2. The van der Waals surface area contributed by atoms with Crippen LogP contribution in [0.2, 0.25) is 0 Å². The maximum atomic E-state index is 2.43. The van der Waals surface area contributed by atoms with E-state index in [0.717, 1.165) is 0 Å². The standard InChI is InChI=1S/C21H39P2.C5H5.ClH.Fe.Pd/c1-18(2,3)22(19(4,5)6)16-14-13-15-17(16)23(20(7,8)9)21(10,11)12;1-2-4-5-3-1;;;/h13-15H,1-12H3;1-5H;1H;;/q-1;-5;;;. The van der Waals surface area contributed by atoms with Crippen LogP contribution < -0.4 is 10.6 Å². The minimum absolute atomic E-state index is 0. The van der Waals surface area contributed by atoms with Crippen molar-refractivity contribution in [1.29, 1.82) is 0 Å². The fraction of sp³-hybridized carbons (Fsp3) is 0.615. The molecule has 0 aliphatic carbocycles. The first-order valence-corrected chi connectivity index (χ1v) is 13.2. The minimum atomic E-state index is -0.232. The molecule has 0 amide bonds. The molecular weight excluding hydrogens is 572 g/mol. The molecule has 0 N–H and O–H groups in total. The van der Waals surface area contributed by atoms with Crippen molar-refractivity contribution in [1.82, 2.24) is 0 Å². The third-order valence-electron chi connectivity index (χ3n) is 4.49. The van der Waals surface area contributed by atoms with Crippen molar-refractivity contribution in [2.75, 3.05) is 0 Å². The van der Waals surface area contributed by atoms with Crippen LogP contribution in [0, 0.1) is 0 Å². The summed E-state index contributed by atoms with van der Waals surface area (Å²) in [6.45, 7) is 29.1. The van der Waals surface area contributed by atoms with Crippen LogP contribution >= 0.6 is 28.3 Å². The second-order valence-electron chi connectivity index (χ2n) is 11.6. The average Bonchev–Trinajstić information content (AvgIpc) is 3.07. The van der Waals surface area contributed by atoms with Gasteiger partial charge in [-0.1, -0.05) is 91.0 Å². The molecule has 31 heavy (non-hydrogen) atoms. The molecule has 0 saturated carbocycles. The molecule has 0 atom stereocenters. The molecule has 0 aliphatic rings. The van der Waals surface area contributed by atoms with Crippen LogP contribution in [0.1, 0.15) is 83.1 Å². The molecule has 2 rings (SSSR count). The smallest absolute Gasteiger partial charge is 0 e. The monoisotopic (exact) mass is 616 g/mol. The molecule has 0 fully saturated rings. The van der Waals surface area contributed by atoms with Crippen molar-refractivity contribution in [2.45, 2.75) is 104 Å². The Bertz CT molecular complexity index is 604. The molecule has 0 radical (unpaired) electrons. The van der Waals surface area contributed by atoms with E-state index in [0.29, 0.717) is 20.6 Å². The molecule has 0 saturated heterocycles. The van der Waals surface area contributed by atoms with Crippen molar-refractivity contribution in [3.05, 3.63) is 48.5 Å². The summed E-state index contributed by atoms with van der Waals surface area (Å²) >= 11 is 0. The molecule has 2 aromatic rings. The Balaban J connectivity index is -0.000000859. The summed E-state index contributed by atoms with van der Waals surface area (Å²) in [5, 5.41) is 4.63. The van der Waals surface area contributed by atoms with Crippen LogP contribution in [0.5, 0.6) is 0 Å². The van der Waals surface area contributed by atoms with Crippen molar-refractivity contribution in [3.63, 3.8) is 0 Å². The maximum Gasteiger partial charge on any atom is 0 e. The second-order valence-corrected chi connectivity index (χ2v) is 19.3. The van der Waals surface area contributed by atoms with Crippen LogP contribution in [0.15, 0.2) is 48.5 Å². The van der Waals surface area contributed by atoms with E-state index in [-0.39, 0.29) is 65.7 Å². The molecule has 0 nitrogen and oxygen atoms in total. The Morgan fingerprint density at radius 1 is 0.645 bits per heavy atom. The Morgan fingerprint density at radius 2 is 0.968 bits per heavy atom. The van der Waals surface area contributed by atoms with E-state index in [9.17, 15) is 0 Å². The molecule has 0 unspecified atom stereocenters. The quantitative estimate of drug-likeness (QED) is 0.180. The molecule has 0 bridgehead atoms. The molecule has 5 heteroatoms. The number of hydrogen-bond donors (Lipinski definition) is 0. The summed E-state index contributed by atoms with van der Waals surface area (Å²) < 4.78 is 0.